The SMILES string of the molecule is CCCCC#Cc1nc(N)c2ncn([C@@H]3O[C@H](CO)C[C@H]3O)c2n1. The lowest BCUT2D eigenvalue weighted by Gasteiger charge is -2.16. The maximum absolute atomic E-state index is 10.2. The van der Waals surface area contributed by atoms with Crippen LogP contribution < -0.4 is 5.73 Å². The van der Waals surface area contributed by atoms with E-state index in [2.05, 4.69) is 33.7 Å². The third-order valence-electron chi connectivity index (χ3n) is 3.95. The molecule has 1 aliphatic heterocycles. The minimum atomic E-state index is -0.755. The number of nitrogens with zero attached hydrogens (tertiary/aromatic N) is 4. The van der Waals surface area contributed by atoms with E-state index in [1.54, 1.807) is 4.57 Å². The Hall–Kier alpha value is -2.21. The van der Waals surface area contributed by atoms with Crippen molar-refractivity contribution in [1.29, 1.82) is 0 Å². The first kappa shape index (κ1) is 16.6. The number of nitrogens with two attached hydrogens (primary N) is 1. The summed E-state index contributed by atoms with van der Waals surface area (Å²) in [5.41, 5.74) is 6.85. The Bertz CT molecular complexity index is 779. The molecule has 0 unspecified atom stereocenters. The van der Waals surface area contributed by atoms with Crippen LogP contribution in [0.4, 0.5) is 5.82 Å². The molecule has 0 spiro atoms. The van der Waals surface area contributed by atoms with Gasteiger partial charge in [0.25, 0.3) is 0 Å². The van der Waals surface area contributed by atoms with Crippen molar-refractivity contribution in [3.8, 4) is 11.8 Å². The maximum atomic E-state index is 10.2. The van der Waals surface area contributed by atoms with Gasteiger partial charge in [-0.15, -0.1) is 0 Å². The van der Waals surface area contributed by atoms with Crippen LogP contribution in [0, 0.1) is 11.8 Å². The van der Waals surface area contributed by atoms with E-state index in [9.17, 15) is 10.2 Å². The van der Waals surface area contributed by atoms with Crippen molar-refractivity contribution in [2.24, 2.45) is 0 Å². The molecular formula is C16H21N5O3. The van der Waals surface area contributed by atoms with E-state index in [1.807, 2.05) is 0 Å². The van der Waals surface area contributed by atoms with Crippen LogP contribution in [-0.4, -0.2) is 48.5 Å². The Morgan fingerprint density at radius 1 is 1.46 bits per heavy atom. The Morgan fingerprint density at radius 3 is 3.00 bits per heavy atom. The van der Waals surface area contributed by atoms with Crippen LogP contribution in [0.15, 0.2) is 6.33 Å². The van der Waals surface area contributed by atoms with Crippen LogP contribution in [-0.2, 0) is 4.74 Å². The molecule has 3 heterocycles. The van der Waals surface area contributed by atoms with E-state index in [1.165, 1.54) is 6.33 Å². The normalized spacial score (nSPS) is 23.4. The molecule has 8 nitrogen and oxygen atoms in total. The van der Waals surface area contributed by atoms with Gasteiger partial charge in [-0.2, -0.15) is 0 Å². The van der Waals surface area contributed by atoms with Crippen molar-refractivity contribution in [2.45, 2.75) is 51.0 Å². The smallest absolute Gasteiger partial charge is 0.208 e. The summed E-state index contributed by atoms with van der Waals surface area (Å²) in [7, 11) is 0. The fourth-order valence-electron chi connectivity index (χ4n) is 2.68. The molecule has 1 aliphatic rings. The molecular weight excluding hydrogens is 310 g/mol. The summed E-state index contributed by atoms with van der Waals surface area (Å²) in [5.74, 6) is 6.51. The Morgan fingerprint density at radius 2 is 2.29 bits per heavy atom. The third kappa shape index (κ3) is 3.19. The highest BCUT2D eigenvalue weighted by atomic mass is 16.5. The lowest BCUT2D eigenvalue weighted by molar-refractivity contribution is -0.0486. The molecule has 0 amide bonds. The number of imidazole rings is 1. The number of rotatable bonds is 4. The number of fused-ring (bicyclic) bond motifs is 1. The second-order valence-corrected chi connectivity index (χ2v) is 5.80. The van der Waals surface area contributed by atoms with Gasteiger partial charge in [-0.1, -0.05) is 19.3 Å². The number of aliphatic hydroxyl groups excluding tert-OH is 2. The zero-order valence-electron chi connectivity index (χ0n) is 13.5. The minimum absolute atomic E-state index is 0.147. The molecule has 3 rings (SSSR count). The predicted octanol–water partition coefficient (Wildman–Crippen LogP) is 0.591. The molecule has 24 heavy (non-hydrogen) atoms. The summed E-state index contributed by atoms with van der Waals surface area (Å²) < 4.78 is 7.27. The first-order chi connectivity index (χ1) is 11.6. The highest BCUT2D eigenvalue weighted by molar-refractivity contribution is 5.82. The van der Waals surface area contributed by atoms with Gasteiger partial charge in [0.15, 0.2) is 17.7 Å². The standard InChI is InChI=1S/C16H21N5O3/c1-2-3-4-5-6-12-19-14(17)13-15(20-12)21(9-18-13)16-11(23)7-10(8-22)24-16/h9-11,16,22-23H,2-4,7-8H2,1H3,(H2,17,19,20)/t10-,11+,16+/m0/s1. The Balaban J connectivity index is 1.95. The highest BCUT2D eigenvalue weighted by Gasteiger charge is 2.36. The summed E-state index contributed by atoms with van der Waals surface area (Å²) >= 11 is 0. The molecule has 3 atom stereocenters. The zero-order valence-corrected chi connectivity index (χ0v) is 13.5. The molecule has 4 N–H and O–H groups in total. The topological polar surface area (TPSA) is 119 Å². The second-order valence-electron chi connectivity index (χ2n) is 5.80. The molecule has 0 saturated carbocycles. The quantitative estimate of drug-likeness (QED) is 0.554. The van der Waals surface area contributed by atoms with Gasteiger partial charge in [-0.3, -0.25) is 4.57 Å². The van der Waals surface area contributed by atoms with E-state index < -0.39 is 18.4 Å². The number of ether oxygens (including phenoxy) is 1. The van der Waals surface area contributed by atoms with Crippen LogP contribution in [0.5, 0.6) is 0 Å². The van der Waals surface area contributed by atoms with E-state index in [-0.39, 0.29) is 12.4 Å². The van der Waals surface area contributed by atoms with Crippen LogP contribution in [0.1, 0.15) is 44.7 Å². The summed E-state index contributed by atoms with van der Waals surface area (Å²) in [6, 6.07) is 0. The molecule has 1 saturated heterocycles. The molecule has 2 aromatic heterocycles. The van der Waals surface area contributed by atoms with Gasteiger partial charge in [0.05, 0.1) is 19.0 Å². The average Bonchev–Trinajstić information content (AvgIpc) is 3.15. The minimum Gasteiger partial charge on any atom is -0.394 e. The Labute approximate surface area is 139 Å². The van der Waals surface area contributed by atoms with Gasteiger partial charge in [-0.25, -0.2) is 15.0 Å². The van der Waals surface area contributed by atoms with Crippen molar-refractivity contribution in [1.82, 2.24) is 19.5 Å². The first-order valence-electron chi connectivity index (χ1n) is 8.07. The van der Waals surface area contributed by atoms with Crippen molar-refractivity contribution in [3.05, 3.63) is 12.2 Å². The van der Waals surface area contributed by atoms with Crippen LogP contribution in [0.2, 0.25) is 0 Å². The van der Waals surface area contributed by atoms with Gasteiger partial charge < -0.3 is 20.7 Å². The van der Waals surface area contributed by atoms with Gasteiger partial charge in [0, 0.05) is 12.8 Å². The van der Waals surface area contributed by atoms with Gasteiger partial charge in [0.2, 0.25) is 5.82 Å². The van der Waals surface area contributed by atoms with Crippen molar-refractivity contribution in [3.63, 3.8) is 0 Å². The van der Waals surface area contributed by atoms with Crippen molar-refractivity contribution >= 4 is 17.0 Å². The summed E-state index contributed by atoms with van der Waals surface area (Å²) in [6.07, 6.45) is 2.91. The number of aliphatic hydroxyl groups is 2. The predicted molar refractivity (Wildman–Crippen MR) is 87.8 cm³/mol. The van der Waals surface area contributed by atoms with Gasteiger partial charge >= 0.3 is 0 Å². The number of nitrogen functional groups attached to an aromatic ring is 1. The van der Waals surface area contributed by atoms with Crippen molar-refractivity contribution < 1.29 is 14.9 Å². The number of hydrogen-bond acceptors (Lipinski definition) is 7. The summed E-state index contributed by atoms with van der Waals surface area (Å²) in [5, 5.41) is 19.4. The second kappa shape index (κ2) is 7.13. The number of unbranched alkanes of at least 4 members (excludes halogenated alkanes) is 2. The average molecular weight is 331 g/mol. The highest BCUT2D eigenvalue weighted by Crippen LogP contribution is 2.31. The Kier molecular flexibility index (Phi) is 4.94. The van der Waals surface area contributed by atoms with Crippen molar-refractivity contribution in [2.75, 3.05) is 12.3 Å². The lowest BCUT2D eigenvalue weighted by Crippen LogP contribution is -2.19. The molecule has 0 aromatic carbocycles. The number of aromatic nitrogens is 4. The molecule has 1 fully saturated rings. The molecule has 8 heteroatoms. The van der Waals surface area contributed by atoms with Gasteiger partial charge in [-0.05, 0) is 12.3 Å². The number of hydrogen-bond donors (Lipinski definition) is 3. The van der Waals surface area contributed by atoms with E-state index in [4.69, 9.17) is 10.5 Å². The maximum Gasteiger partial charge on any atom is 0.208 e. The molecule has 2 aromatic rings. The fourth-order valence-corrected chi connectivity index (χ4v) is 2.68. The van der Waals surface area contributed by atoms with Crippen LogP contribution >= 0.6 is 0 Å². The number of anilines is 1. The largest absolute Gasteiger partial charge is 0.394 e. The molecule has 128 valence electrons. The first-order valence-corrected chi connectivity index (χ1v) is 8.07. The van der Waals surface area contributed by atoms with Crippen LogP contribution in [0.3, 0.4) is 0 Å². The van der Waals surface area contributed by atoms with E-state index in [0.29, 0.717) is 23.4 Å². The lowest BCUT2D eigenvalue weighted by atomic mass is 10.2. The third-order valence-corrected chi connectivity index (χ3v) is 3.95. The van der Waals surface area contributed by atoms with E-state index >= 15 is 0 Å². The van der Waals surface area contributed by atoms with Gasteiger partial charge in [0.1, 0.15) is 11.6 Å². The fraction of sp³-hybridized carbons (Fsp3) is 0.562. The summed E-state index contributed by atoms with van der Waals surface area (Å²) in [4.78, 5) is 12.8. The molecule has 0 bridgehead atoms. The summed E-state index contributed by atoms with van der Waals surface area (Å²) in [6.45, 7) is 1.96. The van der Waals surface area contributed by atoms with Crippen LogP contribution in [0.25, 0.3) is 11.2 Å². The monoisotopic (exact) mass is 331 g/mol. The molecule has 0 aliphatic carbocycles. The van der Waals surface area contributed by atoms with E-state index in [0.717, 1.165) is 19.3 Å². The zero-order chi connectivity index (χ0) is 17.1. The molecule has 0 radical (unpaired) electrons.